The zero-order valence-electron chi connectivity index (χ0n) is 13.4. The minimum Gasteiger partial charge on any atom is -0.369 e. The van der Waals surface area contributed by atoms with Gasteiger partial charge in [0.15, 0.2) is 0 Å². The van der Waals surface area contributed by atoms with E-state index >= 15 is 0 Å². The number of nitrogens with one attached hydrogen (secondary N) is 1. The normalized spacial score (nSPS) is 19.4. The van der Waals surface area contributed by atoms with Crippen LogP contribution in [0, 0.1) is 6.92 Å². The number of benzene rings is 1. The second-order valence-corrected chi connectivity index (χ2v) is 6.02. The van der Waals surface area contributed by atoms with Crippen molar-refractivity contribution in [1.82, 2.24) is 5.32 Å². The third kappa shape index (κ3) is 3.76. The largest absolute Gasteiger partial charge is 0.369 e. The highest BCUT2D eigenvalue weighted by atomic mass is 15.2. The first kappa shape index (κ1) is 15.4. The maximum atomic E-state index is 3.42. The highest BCUT2D eigenvalue weighted by molar-refractivity contribution is 5.52. The lowest BCUT2D eigenvalue weighted by Crippen LogP contribution is -2.39. The molecule has 1 aliphatic heterocycles. The van der Waals surface area contributed by atoms with Crippen LogP contribution in [-0.2, 0) is 6.54 Å². The monoisotopic (exact) mass is 274 g/mol. The minimum atomic E-state index is 0.757. The fourth-order valence-corrected chi connectivity index (χ4v) is 3.29. The molecule has 1 N–H and O–H groups in total. The molecule has 0 bridgehead atoms. The van der Waals surface area contributed by atoms with E-state index in [0.717, 1.165) is 19.1 Å². The fourth-order valence-electron chi connectivity index (χ4n) is 3.29. The van der Waals surface area contributed by atoms with E-state index in [4.69, 9.17) is 0 Å². The molecule has 1 aromatic carbocycles. The summed E-state index contributed by atoms with van der Waals surface area (Å²) < 4.78 is 0. The molecule has 0 aromatic heterocycles. The van der Waals surface area contributed by atoms with E-state index in [-0.39, 0.29) is 0 Å². The molecule has 0 spiro atoms. The predicted molar refractivity (Wildman–Crippen MR) is 88.5 cm³/mol. The highest BCUT2D eigenvalue weighted by Gasteiger charge is 2.22. The topological polar surface area (TPSA) is 15.3 Å². The lowest BCUT2D eigenvalue weighted by Gasteiger charge is -2.38. The molecule has 0 aliphatic carbocycles. The van der Waals surface area contributed by atoms with Gasteiger partial charge in [0.1, 0.15) is 0 Å². The van der Waals surface area contributed by atoms with Crippen molar-refractivity contribution in [2.24, 2.45) is 0 Å². The van der Waals surface area contributed by atoms with Crippen LogP contribution in [0.3, 0.4) is 0 Å². The third-order valence-corrected chi connectivity index (χ3v) is 4.47. The molecule has 20 heavy (non-hydrogen) atoms. The average molecular weight is 274 g/mol. The molecule has 1 atom stereocenters. The van der Waals surface area contributed by atoms with E-state index in [9.17, 15) is 0 Å². The Hall–Kier alpha value is -1.02. The highest BCUT2D eigenvalue weighted by Crippen LogP contribution is 2.28. The number of aryl methyl sites for hydroxylation is 1. The zero-order valence-corrected chi connectivity index (χ0v) is 13.4. The summed E-state index contributed by atoms with van der Waals surface area (Å²) in [5.74, 6) is 0. The van der Waals surface area contributed by atoms with E-state index in [1.165, 1.54) is 55.5 Å². The first-order valence-corrected chi connectivity index (χ1v) is 8.33. The smallest absolute Gasteiger partial charge is 0.0371 e. The van der Waals surface area contributed by atoms with E-state index in [1.807, 2.05) is 0 Å². The number of hydrogen-bond donors (Lipinski definition) is 1. The Morgan fingerprint density at radius 3 is 2.80 bits per heavy atom. The second-order valence-electron chi connectivity index (χ2n) is 6.02. The van der Waals surface area contributed by atoms with E-state index in [2.05, 4.69) is 49.2 Å². The Morgan fingerprint density at radius 2 is 2.10 bits per heavy atom. The molecule has 1 fully saturated rings. The van der Waals surface area contributed by atoms with E-state index < -0.39 is 0 Å². The molecule has 2 heteroatoms. The summed E-state index contributed by atoms with van der Waals surface area (Å²) in [6.45, 7) is 9.96. The first-order valence-electron chi connectivity index (χ1n) is 8.33. The molecule has 0 radical (unpaired) electrons. The van der Waals surface area contributed by atoms with Gasteiger partial charge >= 0.3 is 0 Å². The van der Waals surface area contributed by atoms with Gasteiger partial charge in [0.25, 0.3) is 0 Å². The van der Waals surface area contributed by atoms with Gasteiger partial charge in [0.05, 0.1) is 0 Å². The van der Waals surface area contributed by atoms with Crippen LogP contribution in [0.5, 0.6) is 0 Å². The van der Waals surface area contributed by atoms with Crippen LogP contribution in [0.4, 0.5) is 5.69 Å². The number of hydrogen-bond acceptors (Lipinski definition) is 2. The summed E-state index contributed by atoms with van der Waals surface area (Å²) in [4.78, 5) is 2.65. The van der Waals surface area contributed by atoms with Crippen LogP contribution < -0.4 is 10.2 Å². The summed E-state index contributed by atoms with van der Waals surface area (Å²) >= 11 is 0. The van der Waals surface area contributed by atoms with Crippen molar-refractivity contribution in [1.29, 1.82) is 0 Å². The summed E-state index contributed by atoms with van der Waals surface area (Å²) in [7, 11) is 0. The van der Waals surface area contributed by atoms with Crippen LogP contribution in [0.1, 0.15) is 57.1 Å². The Morgan fingerprint density at radius 1 is 1.25 bits per heavy atom. The Labute approximate surface area is 124 Å². The van der Waals surface area contributed by atoms with Crippen LogP contribution in [0.15, 0.2) is 18.2 Å². The van der Waals surface area contributed by atoms with Crippen molar-refractivity contribution < 1.29 is 0 Å². The fraction of sp³-hybridized carbons (Fsp3) is 0.667. The van der Waals surface area contributed by atoms with Crippen molar-refractivity contribution in [3.8, 4) is 0 Å². The molecule has 1 heterocycles. The maximum Gasteiger partial charge on any atom is 0.0371 e. The van der Waals surface area contributed by atoms with Gasteiger partial charge in [-0.15, -0.1) is 0 Å². The second kappa shape index (κ2) is 7.68. The van der Waals surface area contributed by atoms with Gasteiger partial charge in [-0.25, -0.2) is 0 Å². The number of rotatable bonds is 6. The molecular formula is C18H30N2. The maximum absolute atomic E-state index is 3.42. The van der Waals surface area contributed by atoms with Crippen molar-refractivity contribution in [3.05, 3.63) is 29.3 Å². The SMILES string of the molecule is CCCC1CCCCN1c1ccc(CNCC)c(C)c1. The third-order valence-electron chi connectivity index (χ3n) is 4.47. The van der Waals surface area contributed by atoms with Crippen LogP contribution in [-0.4, -0.2) is 19.1 Å². The van der Waals surface area contributed by atoms with Crippen molar-refractivity contribution in [2.75, 3.05) is 18.0 Å². The van der Waals surface area contributed by atoms with Gasteiger partial charge in [0, 0.05) is 24.8 Å². The Balaban J connectivity index is 2.12. The summed E-state index contributed by atoms with van der Waals surface area (Å²) in [5.41, 5.74) is 4.28. The predicted octanol–water partition coefficient (Wildman–Crippen LogP) is 4.26. The summed E-state index contributed by atoms with van der Waals surface area (Å²) in [6.07, 6.45) is 6.74. The standard InChI is InChI=1S/C18H30N2/c1-4-8-17-9-6-7-12-20(17)18-11-10-16(14-19-5-2)15(3)13-18/h10-11,13,17,19H,4-9,12,14H2,1-3H3. The average Bonchev–Trinajstić information content (AvgIpc) is 2.47. The number of anilines is 1. The molecule has 2 rings (SSSR count). The summed E-state index contributed by atoms with van der Waals surface area (Å²) in [6, 6.07) is 7.78. The molecule has 1 aromatic rings. The molecule has 1 aliphatic rings. The van der Waals surface area contributed by atoms with Crippen LogP contribution in [0.25, 0.3) is 0 Å². The molecular weight excluding hydrogens is 244 g/mol. The molecule has 112 valence electrons. The van der Waals surface area contributed by atoms with E-state index in [0.29, 0.717) is 0 Å². The van der Waals surface area contributed by atoms with Gasteiger partial charge in [-0.1, -0.05) is 26.3 Å². The molecule has 1 saturated heterocycles. The van der Waals surface area contributed by atoms with Gasteiger partial charge in [-0.05, 0) is 62.4 Å². The first-order chi connectivity index (χ1) is 9.76. The lowest BCUT2D eigenvalue weighted by atomic mass is 9.96. The minimum absolute atomic E-state index is 0.757. The number of piperidine rings is 1. The van der Waals surface area contributed by atoms with Crippen LogP contribution in [0.2, 0.25) is 0 Å². The van der Waals surface area contributed by atoms with Gasteiger partial charge in [-0.2, -0.15) is 0 Å². The summed E-state index contributed by atoms with van der Waals surface area (Å²) in [5, 5.41) is 3.42. The molecule has 0 saturated carbocycles. The number of nitrogens with zero attached hydrogens (tertiary/aromatic N) is 1. The van der Waals surface area contributed by atoms with Gasteiger partial charge in [0.2, 0.25) is 0 Å². The van der Waals surface area contributed by atoms with Gasteiger partial charge in [-0.3, -0.25) is 0 Å². The van der Waals surface area contributed by atoms with Crippen molar-refractivity contribution in [2.45, 2.75) is 65.5 Å². The van der Waals surface area contributed by atoms with Crippen LogP contribution >= 0.6 is 0 Å². The molecule has 1 unspecified atom stereocenters. The van der Waals surface area contributed by atoms with Crippen molar-refractivity contribution >= 4 is 5.69 Å². The van der Waals surface area contributed by atoms with Gasteiger partial charge < -0.3 is 10.2 Å². The van der Waals surface area contributed by atoms with Crippen molar-refractivity contribution in [3.63, 3.8) is 0 Å². The lowest BCUT2D eigenvalue weighted by molar-refractivity contribution is 0.434. The quantitative estimate of drug-likeness (QED) is 0.833. The zero-order chi connectivity index (χ0) is 14.4. The Kier molecular flexibility index (Phi) is 5.90. The van der Waals surface area contributed by atoms with E-state index in [1.54, 1.807) is 0 Å². The Bertz CT molecular complexity index is 412. The molecule has 2 nitrogen and oxygen atoms in total. The molecule has 0 amide bonds.